The third-order valence-corrected chi connectivity index (χ3v) is 1.19. The molecule has 0 aliphatic rings. The second-order valence-corrected chi connectivity index (χ2v) is 1.90. The molecule has 0 fully saturated rings. The van der Waals surface area contributed by atoms with Gasteiger partial charge in [-0.15, -0.1) is 0 Å². The lowest BCUT2D eigenvalue weighted by atomic mass is 10.3. The first-order valence-corrected chi connectivity index (χ1v) is 2.94. The Morgan fingerprint density at radius 2 is 2.40 bits per heavy atom. The summed E-state index contributed by atoms with van der Waals surface area (Å²) in [5, 5.41) is 11.3. The average Bonchev–Trinajstić information content (AvgIpc) is 2.05. The van der Waals surface area contributed by atoms with Crippen molar-refractivity contribution in [2.45, 2.75) is 6.92 Å². The lowest BCUT2D eigenvalue weighted by molar-refractivity contribution is 0.319. The van der Waals surface area contributed by atoms with Crippen LogP contribution in [0.3, 0.4) is 0 Å². The molecule has 0 saturated carbocycles. The summed E-state index contributed by atoms with van der Waals surface area (Å²) in [6.07, 6.45) is 1.66. The topological polar surface area (TPSA) is 45.5 Å². The first-order valence-electron chi connectivity index (χ1n) is 2.94. The number of hydrogen-bond acceptors (Lipinski definition) is 3. The smallest absolute Gasteiger partial charge is 0.102 e. The fourth-order valence-corrected chi connectivity index (χ4v) is 0.628. The van der Waals surface area contributed by atoms with E-state index >= 15 is 0 Å². The zero-order valence-electron chi connectivity index (χ0n) is 5.65. The molecule has 1 aromatic heterocycles. The highest BCUT2D eigenvalue weighted by Gasteiger charge is 1.94. The summed E-state index contributed by atoms with van der Waals surface area (Å²) in [6.45, 7) is 1.70. The van der Waals surface area contributed by atoms with Gasteiger partial charge in [0.2, 0.25) is 0 Å². The van der Waals surface area contributed by atoms with E-state index in [2.05, 4.69) is 10.1 Å². The molecule has 3 heteroatoms. The van der Waals surface area contributed by atoms with Gasteiger partial charge in [-0.05, 0) is 19.1 Å². The van der Waals surface area contributed by atoms with Crippen molar-refractivity contribution in [1.29, 1.82) is 0 Å². The molecule has 0 amide bonds. The van der Waals surface area contributed by atoms with Gasteiger partial charge in [0.1, 0.15) is 5.71 Å². The zero-order valence-corrected chi connectivity index (χ0v) is 5.65. The normalized spacial score (nSPS) is 11.5. The van der Waals surface area contributed by atoms with E-state index in [1.54, 1.807) is 19.2 Å². The highest BCUT2D eigenvalue weighted by molar-refractivity contribution is 5.96. The predicted molar refractivity (Wildman–Crippen MR) is 38.2 cm³/mol. The third kappa shape index (κ3) is 1.31. The minimum atomic E-state index is 0.528. The van der Waals surface area contributed by atoms with Gasteiger partial charge in [0, 0.05) is 6.20 Å². The number of oxime groups is 1. The van der Waals surface area contributed by atoms with E-state index in [9.17, 15) is 0 Å². The molecule has 1 N–H and O–H groups in total. The molecule has 0 aliphatic carbocycles. The predicted octanol–water partition coefficient (Wildman–Crippen LogP) is 1.28. The van der Waals surface area contributed by atoms with E-state index in [1.807, 2.05) is 12.1 Å². The molecular formula is C7H8N2O. The van der Waals surface area contributed by atoms with Gasteiger partial charge in [-0.25, -0.2) is 0 Å². The largest absolute Gasteiger partial charge is 0.411 e. The number of hydrogen-bond donors (Lipinski definition) is 1. The van der Waals surface area contributed by atoms with Crippen molar-refractivity contribution in [3.63, 3.8) is 0 Å². The fraction of sp³-hybridized carbons (Fsp3) is 0.143. The lowest BCUT2D eigenvalue weighted by Crippen LogP contribution is -1.96. The number of pyridine rings is 1. The van der Waals surface area contributed by atoms with Crippen LogP contribution in [-0.2, 0) is 0 Å². The van der Waals surface area contributed by atoms with Gasteiger partial charge in [0.05, 0.1) is 5.69 Å². The minimum absolute atomic E-state index is 0.528. The van der Waals surface area contributed by atoms with Crippen LogP contribution in [0, 0.1) is 0 Å². The lowest BCUT2D eigenvalue weighted by Gasteiger charge is -1.93. The highest BCUT2D eigenvalue weighted by atomic mass is 16.4. The molecular weight excluding hydrogens is 128 g/mol. The summed E-state index contributed by atoms with van der Waals surface area (Å²) >= 11 is 0. The van der Waals surface area contributed by atoms with E-state index < -0.39 is 0 Å². The van der Waals surface area contributed by atoms with E-state index in [0.717, 1.165) is 0 Å². The van der Waals surface area contributed by atoms with Gasteiger partial charge in [-0.1, -0.05) is 11.2 Å². The molecule has 0 spiro atoms. The van der Waals surface area contributed by atoms with Gasteiger partial charge in [0.25, 0.3) is 0 Å². The Kier molecular flexibility index (Phi) is 1.99. The zero-order chi connectivity index (χ0) is 7.40. The molecule has 3 nitrogen and oxygen atoms in total. The van der Waals surface area contributed by atoms with Gasteiger partial charge in [-0.3, -0.25) is 4.98 Å². The van der Waals surface area contributed by atoms with Crippen LogP contribution in [0.5, 0.6) is 0 Å². The van der Waals surface area contributed by atoms with Gasteiger partial charge < -0.3 is 5.21 Å². The Bertz CT molecular complexity index is 231. The molecule has 0 atom stereocenters. The number of aromatic nitrogens is 1. The van der Waals surface area contributed by atoms with Crippen molar-refractivity contribution in [3.8, 4) is 0 Å². The van der Waals surface area contributed by atoms with Crippen molar-refractivity contribution in [2.24, 2.45) is 5.16 Å². The van der Waals surface area contributed by atoms with Crippen LogP contribution in [0.4, 0.5) is 0 Å². The van der Waals surface area contributed by atoms with Crippen LogP contribution in [0.15, 0.2) is 29.6 Å². The second kappa shape index (κ2) is 2.96. The fourth-order valence-electron chi connectivity index (χ4n) is 0.628. The Balaban J connectivity index is 2.96. The summed E-state index contributed by atoms with van der Waals surface area (Å²) in [5.74, 6) is 0. The van der Waals surface area contributed by atoms with Crippen LogP contribution in [0.25, 0.3) is 0 Å². The molecule has 0 aromatic carbocycles. The Hall–Kier alpha value is -1.38. The van der Waals surface area contributed by atoms with Crippen LogP contribution >= 0.6 is 0 Å². The maximum atomic E-state index is 8.34. The molecule has 10 heavy (non-hydrogen) atoms. The molecule has 1 aromatic rings. The van der Waals surface area contributed by atoms with Crippen molar-refractivity contribution in [1.82, 2.24) is 4.98 Å². The minimum Gasteiger partial charge on any atom is -0.411 e. The molecule has 1 rings (SSSR count). The van der Waals surface area contributed by atoms with E-state index in [4.69, 9.17) is 5.21 Å². The average molecular weight is 136 g/mol. The SMILES string of the molecule is C/C(=N/O)c1ccccn1. The van der Waals surface area contributed by atoms with E-state index in [-0.39, 0.29) is 0 Å². The highest BCUT2D eigenvalue weighted by Crippen LogP contribution is 1.94. The molecule has 0 bridgehead atoms. The Morgan fingerprint density at radius 1 is 1.60 bits per heavy atom. The Morgan fingerprint density at radius 3 is 2.90 bits per heavy atom. The first kappa shape index (κ1) is 6.74. The summed E-state index contributed by atoms with van der Waals surface area (Å²) in [6, 6.07) is 5.44. The van der Waals surface area contributed by atoms with Crippen molar-refractivity contribution >= 4 is 5.71 Å². The van der Waals surface area contributed by atoms with E-state index in [1.165, 1.54) is 0 Å². The monoisotopic (exact) mass is 136 g/mol. The van der Waals surface area contributed by atoms with Crippen molar-refractivity contribution < 1.29 is 5.21 Å². The molecule has 0 unspecified atom stereocenters. The number of nitrogens with zero attached hydrogens (tertiary/aromatic N) is 2. The van der Waals surface area contributed by atoms with Gasteiger partial charge >= 0.3 is 0 Å². The van der Waals surface area contributed by atoms with Gasteiger partial charge in [-0.2, -0.15) is 0 Å². The van der Waals surface area contributed by atoms with Crippen LogP contribution in [0.1, 0.15) is 12.6 Å². The van der Waals surface area contributed by atoms with E-state index in [0.29, 0.717) is 11.4 Å². The maximum absolute atomic E-state index is 8.34. The summed E-state index contributed by atoms with van der Waals surface area (Å²) in [7, 11) is 0. The summed E-state index contributed by atoms with van der Waals surface area (Å²) < 4.78 is 0. The molecule has 52 valence electrons. The molecule has 0 radical (unpaired) electrons. The van der Waals surface area contributed by atoms with Gasteiger partial charge in [0.15, 0.2) is 0 Å². The standard InChI is InChI=1S/C7H8N2O/c1-6(9-10)7-4-2-3-5-8-7/h2-5,10H,1H3/b9-6-. The molecule has 1 heterocycles. The Labute approximate surface area is 59.0 Å². The summed E-state index contributed by atoms with van der Waals surface area (Å²) in [5.41, 5.74) is 1.23. The molecule has 0 aliphatic heterocycles. The number of rotatable bonds is 1. The quantitative estimate of drug-likeness (QED) is 0.359. The third-order valence-electron chi connectivity index (χ3n) is 1.19. The summed E-state index contributed by atoms with van der Waals surface area (Å²) in [4.78, 5) is 3.96. The van der Waals surface area contributed by atoms with Crippen LogP contribution in [0.2, 0.25) is 0 Å². The van der Waals surface area contributed by atoms with Crippen LogP contribution in [-0.4, -0.2) is 15.9 Å². The maximum Gasteiger partial charge on any atom is 0.102 e. The molecule has 0 saturated heterocycles. The van der Waals surface area contributed by atoms with Crippen LogP contribution < -0.4 is 0 Å². The first-order chi connectivity index (χ1) is 4.84. The van der Waals surface area contributed by atoms with Crippen molar-refractivity contribution in [2.75, 3.05) is 0 Å². The van der Waals surface area contributed by atoms with Crippen molar-refractivity contribution in [3.05, 3.63) is 30.1 Å². The second-order valence-electron chi connectivity index (χ2n) is 1.90.